The van der Waals surface area contributed by atoms with Crippen LogP contribution in [0.4, 0.5) is 28.4 Å². The van der Waals surface area contributed by atoms with Crippen LogP contribution in [0.3, 0.4) is 0 Å². The van der Waals surface area contributed by atoms with Gasteiger partial charge >= 0.3 is 0 Å². The summed E-state index contributed by atoms with van der Waals surface area (Å²) < 4.78 is 0. The summed E-state index contributed by atoms with van der Waals surface area (Å²) in [6.07, 6.45) is 28.7. The molecule has 0 radical (unpaired) electrons. The minimum absolute atomic E-state index is 1.07. The molecular formula is C110H122N2Si. The number of nitrogens with zero attached hydrogens (tertiary/aromatic N) is 2. The molecule has 0 spiro atoms. The lowest BCUT2D eigenvalue weighted by atomic mass is 9.86. The van der Waals surface area contributed by atoms with Crippen LogP contribution in [0.5, 0.6) is 0 Å². The first kappa shape index (κ1) is 80.7. The van der Waals surface area contributed by atoms with Crippen molar-refractivity contribution in [3.05, 3.63) is 342 Å². The van der Waals surface area contributed by atoms with Crippen molar-refractivity contribution in [1.29, 1.82) is 0 Å². The van der Waals surface area contributed by atoms with Gasteiger partial charge in [-0.1, -0.05) is 380 Å². The van der Waals surface area contributed by atoms with Crippen molar-refractivity contribution in [2.45, 2.75) is 203 Å². The quantitative estimate of drug-likeness (QED) is 0.0215. The van der Waals surface area contributed by atoms with E-state index in [2.05, 4.69) is 369 Å². The van der Waals surface area contributed by atoms with Crippen LogP contribution in [0.15, 0.2) is 303 Å². The highest BCUT2D eigenvalue weighted by Gasteiger charge is 2.42. The Bertz CT molecular complexity index is 4960. The second-order valence-corrected chi connectivity index (χ2v) is 35.9. The van der Waals surface area contributed by atoms with Crippen molar-refractivity contribution < 1.29 is 0 Å². The molecule has 13 aromatic carbocycles. The minimum Gasteiger partial charge on any atom is -0.345 e. The molecule has 0 N–H and O–H groups in total. The second kappa shape index (κ2) is 40.4. The lowest BCUT2D eigenvalue weighted by molar-refractivity contribution is 0.664. The highest BCUT2D eigenvalue weighted by atomic mass is 28.3. The van der Waals surface area contributed by atoms with Crippen molar-refractivity contribution >= 4 is 57.3 Å². The third-order valence-corrected chi connectivity index (χ3v) is 28.7. The Balaban J connectivity index is 0.873. The molecule has 0 amide bonds. The first-order valence-electron chi connectivity index (χ1n) is 43.4. The Morgan fingerprint density at radius 3 is 0.752 bits per heavy atom. The molecular weight excluding hydrogens is 1380 g/mol. The van der Waals surface area contributed by atoms with E-state index in [1.165, 1.54) is 229 Å². The Morgan fingerprint density at radius 1 is 0.212 bits per heavy atom. The largest absolute Gasteiger partial charge is 0.345 e. The van der Waals surface area contributed by atoms with Crippen LogP contribution in [0.2, 0.25) is 0 Å². The van der Waals surface area contributed by atoms with Crippen molar-refractivity contribution in [2.24, 2.45) is 0 Å². The normalized spacial score (nSPS) is 11.5. The molecule has 0 saturated carbocycles. The van der Waals surface area contributed by atoms with E-state index in [0.29, 0.717) is 0 Å². The van der Waals surface area contributed by atoms with Gasteiger partial charge in [0.05, 0.1) is 0 Å². The van der Waals surface area contributed by atoms with E-state index in [0.717, 1.165) is 79.8 Å². The molecule has 0 bridgehead atoms. The Kier molecular flexibility index (Phi) is 28.9. The van der Waals surface area contributed by atoms with Gasteiger partial charge in [-0.2, -0.15) is 0 Å². The predicted octanol–water partition coefficient (Wildman–Crippen LogP) is 29.0. The van der Waals surface area contributed by atoms with E-state index in [-0.39, 0.29) is 0 Å². The van der Waals surface area contributed by atoms with Crippen LogP contribution in [-0.2, 0) is 38.5 Å². The molecule has 3 heteroatoms. The van der Waals surface area contributed by atoms with Crippen LogP contribution < -0.4 is 30.5 Å². The Morgan fingerprint density at radius 2 is 0.442 bits per heavy atom. The Hall–Kier alpha value is -10.3. The van der Waals surface area contributed by atoms with Gasteiger partial charge in [-0.05, 0) is 253 Å². The van der Waals surface area contributed by atoms with Gasteiger partial charge in [0.1, 0.15) is 0 Å². The predicted molar refractivity (Wildman–Crippen MR) is 496 cm³/mol. The Labute approximate surface area is 681 Å². The average molecular weight is 1500 g/mol. The summed E-state index contributed by atoms with van der Waals surface area (Å²) in [6.45, 7) is 15.9. The minimum atomic E-state index is -3.06. The molecule has 113 heavy (non-hydrogen) atoms. The molecule has 2 nitrogen and oxygen atoms in total. The molecule has 0 aliphatic carbocycles. The fraction of sp³-hybridized carbons (Fsp3) is 0.291. The summed E-state index contributed by atoms with van der Waals surface area (Å²) in [5.74, 6) is 0. The van der Waals surface area contributed by atoms with E-state index in [1.807, 2.05) is 0 Å². The maximum absolute atomic E-state index is 3.06. The third kappa shape index (κ3) is 20.2. The van der Waals surface area contributed by atoms with E-state index >= 15 is 0 Å². The van der Waals surface area contributed by atoms with Crippen molar-refractivity contribution in [2.75, 3.05) is 16.8 Å². The zero-order valence-electron chi connectivity index (χ0n) is 69.2. The summed E-state index contributed by atoms with van der Waals surface area (Å²) in [6, 6.07) is 118. The summed E-state index contributed by atoms with van der Waals surface area (Å²) >= 11 is 0. The van der Waals surface area contributed by atoms with Gasteiger partial charge in [0.25, 0.3) is 0 Å². The van der Waals surface area contributed by atoms with Gasteiger partial charge in [-0.15, -0.1) is 0 Å². The van der Waals surface area contributed by atoms with Gasteiger partial charge in [0, 0.05) is 35.5 Å². The van der Waals surface area contributed by atoms with E-state index in [4.69, 9.17) is 0 Å². The number of aryl methyl sites for hydroxylation is 7. The lowest BCUT2D eigenvalue weighted by Gasteiger charge is -2.35. The van der Waals surface area contributed by atoms with Crippen LogP contribution in [0.25, 0.3) is 66.8 Å². The van der Waals surface area contributed by atoms with Crippen LogP contribution in [0, 0.1) is 6.92 Å². The summed E-state index contributed by atoms with van der Waals surface area (Å²) in [7, 11) is -0.846. The van der Waals surface area contributed by atoms with Crippen LogP contribution in [-0.4, -0.2) is 15.1 Å². The van der Waals surface area contributed by atoms with Gasteiger partial charge in [0.2, 0.25) is 0 Å². The van der Waals surface area contributed by atoms with Crippen molar-refractivity contribution in [1.82, 2.24) is 0 Å². The maximum atomic E-state index is 2.58. The molecule has 576 valence electrons. The summed E-state index contributed by atoms with van der Waals surface area (Å²) in [4.78, 5) is 4.81. The number of anilines is 5. The van der Waals surface area contributed by atoms with Crippen LogP contribution >= 0.6 is 0 Å². The molecule has 0 unspecified atom stereocenters. The standard InChI is InChI=1S/C110H122N2Si/c1-9-15-19-23-29-86-39-73-105(74-40-86)113(106-75-41-87(42-76-106)30-24-20-16-10-2,107-77-69-101(70-78-107)111(8)100-63-57-93(58-64-100)89-45-35-84(27-13-5)36-46-89)108-79-71-104(72-80-108)112(102-65-59-94(60-66-102)90-47-37-85(28-14-6)38-48-90)103-67-61-95(62-68-103)92-51-55-97(56-52-92)110-82-98(31-25-21-17-11-3)109(81-99(110)32-26-22-18-12-4)96-53-49-91(50-54-96)88-43-33-83(7)34-44-88/h33-82H,9-32H2,1-8H3. The van der Waals surface area contributed by atoms with E-state index < -0.39 is 8.07 Å². The monoisotopic (exact) mass is 1500 g/mol. The molecule has 0 aliphatic heterocycles. The molecule has 13 rings (SSSR count). The number of benzene rings is 13. The number of hydrogen-bond donors (Lipinski definition) is 0. The highest BCUT2D eigenvalue weighted by Crippen LogP contribution is 2.40. The van der Waals surface area contributed by atoms with Gasteiger partial charge in [-0.3, -0.25) is 0 Å². The topological polar surface area (TPSA) is 6.48 Å². The first-order valence-corrected chi connectivity index (χ1v) is 45.4. The van der Waals surface area contributed by atoms with Crippen LogP contribution in [0.1, 0.15) is 196 Å². The first-order chi connectivity index (χ1) is 55.6. The SMILES string of the molecule is CCCCCCc1ccc([Si](c2ccc(CCCCCC)cc2)(c2ccc(N(C)c3ccc(-c4ccc(CCC)cc4)cc3)cc2)c2ccc(N(c3ccc(-c4ccc(CCC)cc4)cc3)c3ccc(-c4ccc(-c5cc(CCCCCC)c(-c6ccc(-c7ccc(C)cc7)cc6)cc5CCCCCC)cc4)cc3)cc2)cc1. The zero-order valence-corrected chi connectivity index (χ0v) is 70.2. The summed E-state index contributed by atoms with van der Waals surface area (Å²) in [5.41, 5.74) is 30.8. The second-order valence-electron chi connectivity index (χ2n) is 32.1. The van der Waals surface area contributed by atoms with Gasteiger partial charge in [0.15, 0.2) is 8.07 Å². The molecule has 13 aromatic rings. The lowest BCUT2D eigenvalue weighted by Crippen LogP contribution is -2.74. The maximum Gasteiger partial charge on any atom is 0.179 e. The molecule has 0 aromatic heterocycles. The van der Waals surface area contributed by atoms with Gasteiger partial charge in [-0.25, -0.2) is 0 Å². The van der Waals surface area contributed by atoms with E-state index in [9.17, 15) is 0 Å². The molecule has 0 atom stereocenters. The zero-order chi connectivity index (χ0) is 78.1. The molecule has 0 saturated heterocycles. The average Bonchev–Trinajstić information content (AvgIpc) is 0.724. The number of unbranched alkanes of at least 4 members (excludes halogenated alkanes) is 12. The third-order valence-electron chi connectivity index (χ3n) is 23.9. The molecule has 0 heterocycles. The van der Waals surface area contributed by atoms with Crippen molar-refractivity contribution in [3.63, 3.8) is 0 Å². The fourth-order valence-electron chi connectivity index (χ4n) is 17.1. The number of hydrogen-bond acceptors (Lipinski definition) is 2. The van der Waals surface area contributed by atoms with Gasteiger partial charge < -0.3 is 9.80 Å². The highest BCUT2D eigenvalue weighted by molar-refractivity contribution is 7.19. The number of rotatable bonds is 39. The van der Waals surface area contributed by atoms with Crippen molar-refractivity contribution in [3.8, 4) is 66.8 Å². The van der Waals surface area contributed by atoms with E-state index in [1.54, 1.807) is 0 Å². The molecule has 0 fully saturated rings. The fourth-order valence-corrected chi connectivity index (χ4v) is 21.8. The summed E-state index contributed by atoms with van der Waals surface area (Å²) in [5, 5.41) is 5.53. The smallest absolute Gasteiger partial charge is 0.179 e. The molecule has 0 aliphatic rings.